The first-order valence-corrected chi connectivity index (χ1v) is 6.67. The van der Waals surface area contributed by atoms with Crippen molar-refractivity contribution >= 4 is 17.5 Å². The van der Waals surface area contributed by atoms with Crippen LogP contribution in [-0.4, -0.2) is 49.1 Å². The second-order valence-electron chi connectivity index (χ2n) is 4.87. The number of para-hydroxylation sites is 1. The average molecular weight is 271 g/mol. The minimum atomic E-state index is 0.686. The smallest absolute Gasteiger partial charge is 0.231 e. The molecule has 0 spiro atoms. The molecule has 1 aromatic carbocycles. The molecule has 0 unspecified atom stereocenters. The van der Waals surface area contributed by atoms with Crippen LogP contribution in [0.2, 0.25) is 0 Å². The summed E-state index contributed by atoms with van der Waals surface area (Å²) >= 11 is 0. The third-order valence-electron chi connectivity index (χ3n) is 2.95. The molecule has 0 saturated heterocycles. The van der Waals surface area contributed by atoms with Crippen LogP contribution in [0.15, 0.2) is 42.6 Å². The zero-order chi connectivity index (χ0) is 14.4. The summed E-state index contributed by atoms with van der Waals surface area (Å²) in [6, 6.07) is 12.0. The molecule has 0 aliphatic rings. The lowest BCUT2D eigenvalue weighted by Crippen LogP contribution is -2.21. The molecule has 0 radical (unpaired) electrons. The van der Waals surface area contributed by atoms with Crippen LogP contribution in [0.3, 0.4) is 0 Å². The first-order valence-electron chi connectivity index (χ1n) is 6.67. The average Bonchev–Trinajstić information content (AvgIpc) is 2.47. The van der Waals surface area contributed by atoms with Gasteiger partial charge in [-0.05, 0) is 32.3 Å². The van der Waals surface area contributed by atoms with Gasteiger partial charge in [-0.15, -0.1) is 0 Å². The second-order valence-corrected chi connectivity index (χ2v) is 4.87. The van der Waals surface area contributed by atoms with Crippen molar-refractivity contribution in [2.24, 2.45) is 0 Å². The lowest BCUT2D eigenvalue weighted by Gasteiger charge is -2.18. The van der Waals surface area contributed by atoms with Crippen LogP contribution >= 0.6 is 0 Å². The summed E-state index contributed by atoms with van der Waals surface area (Å²) in [7, 11) is 6.07. The number of anilines is 3. The number of aromatic nitrogens is 2. The third kappa shape index (κ3) is 3.93. The van der Waals surface area contributed by atoms with Gasteiger partial charge in [-0.1, -0.05) is 18.2 Å². The summed E-state index contributed by atoms with van der Waals surface area (Å²) < 4.78 is 0. The Morgan fingerprint density at radius 1 is 1.05 bits per heavy atom. The molecule has 2 rings (SSSR count). The van der Waals surface area contributed by atoms with E-state index in [4.69, 9.17) is 0 Å². The Balaban J connectivity index is 2.05. The Kier molecular flexibility index (Phi) is 4.90. The van der Waals surface area contributed by atoms with Crippen LogP contribution in [0.5, 0.6) is 0 Å². The number of hydrogen-bond acceptors (Lipinski definition) is 5. The lowest BCUT2D eigenvalue weighted by molar-refractivity contribution is 0.425. The Morgan fingerprint density at radius 3 is 2.50 bits per heavy atom. The molecule has 0 atom stereocenters. The highest BCUT2D eigenvalue weighted by Gasteiger charge is 2.07. The topological polar surface area (TPSA) is 44.3 Å². The standard InChI is InChI=1S/C15H21N5/c1-19(2)12-11-16-14-9-10-17-15(18-14)20(3)13-7-5-4-6-8-13/h4-10H,11-12H2,1-3H3,(H,16,17,18). The monoisotopic (exact) mass is 271 g/mol. The van der Waals surface area contributed by atoms with Crippen molar-refractivity contribution in [3.63, 3.8) is 0 Å². The summed E-state index contributed by atoms with van der Waals surface area (Å²) in [4.78, 5) is 13.0. The summed E-state index contributed by atoms with van der Waals surface area (Å²) in [6.07, 6.45) is 1.78. The van der Waals surface area contributed by atoms with E-state index in [1.54, 1.807) is 6.20 Å². The first-order chi connectivity index (χ1) is 9.66. The molecule has 1 heterocycles. The van der Waals surface area contributed by atoms with Crippen LogP contribution in [0.1, 0.15) is 0 Å². The summed E-state index contributed by atoms with van der Waals surface area (Å²) in [5, 5.41) is 3.30. The van der Waals surface area contributed by atoms with E-state index < -0.39 is 0 Å². The van der Waals surface area contributed by atoms with Gasteiger partial charge in [0.25, 0.3) is 0 Å². The maximum atomic E-state index is 4.53. The van der Waals surface area contributed by atoms with E-state index in [9.17, 15) is 0 Å². The molecule has 5 heteroatoms. The Labute approximate surface area is 120 Å². The minimum Gasteiger partial charge on any atom is -0.369 e. The number of nitrogens with zero attached hydrogens (tertiary/aromatic N) is 4. The van der Waals surface area contributed by atoms with Gasteiger partial charge in [-0.2, -0.15) is 4.98 Å². The summed E-state index contributed by atoms with van der Waals surface area (Å²) in [5.74, 6) is 1.53. The lowest BCUT2D eigenvalue weighted by atomic mass is 10.3. The van der Waals surface area contributed by atoms with E-state index in [2.05, 4.69) is 34.3 Å². The number of benzene rings is 1. The molecule has 1 N–H and O–H groups in total. The zero-order valence-corrected chi connectivity index (χ0v) is 12.2. The van der Waals surface area contributed by atoms with E-state index in [0.717, 1.165) is 24.6 Å². The molecule has 0 fully saturated rings. The maximum Gasteiger partial charge on any atom is 0.231 e. The van der Waals surface area contributed by atoms with Gasteiger partial charge in [0, 0.05) is 32.0 Å². The number of likely N-dealkylation sites (N-methyl/N-ethyl adjacent to an activating group) is 1. The molecular weight excluding hydrogens is 250 g/mol. The predicted molar refractivity (Wildman–Crippen MR) is 83.6 cm³/mol. The maximum absolute atomic E-state index is 4.53. The van der Waals surface area contributed by atoms with Gasteiger partial charge in [-0.25, -0.2) is 4.98 Å². The fraction of sp³-hybridized carbons (Fsp3) is 0.333. The Bertz CT molecular complexity index is 527. The molecule has 0 saturated carbocycles. The number of hydrogen-bond donors (Lipinski definition) is 1. The Hall–Kier alpha value is -2.14. The molecule has 2 aromatic rings. The third-order valence-corrected chi connectivity index (χ3v) is 2.95. The highest BCUT2D eigenvalue weighted by molar-refractivity contribution is 5.57. The van der Waals surface area contributed by atoms with Gasteiger partial charge in [0.05, 0.1) is 0 Å². The van der Waals surface area contributed by atoms with Crippen LogP contribution in [-0.2, 0) is 0 Å². The minimum absolute atomic E-state index is 0.686. The predicted octanol–water partition coefficient (Wildman–Crippen LogP) is 2.22. The van der Waals surface area contributed by atoms with Gasteiger partial charge in [-0.3, -0.25) is 0 Å². The van der Waals surface area contributed by atoms with Crippen LogP contribution in [0.25, 0.3) is 0 Å². The molecule has 20 heavy (non-hydrogen) atoms. The molecular formula is C15H21N5. The number of nitrogens with one attached hydrogen (secondary N) is 1. The molecule has 1 aromatic heterocycles. The molecule has 5 nitrogen and oxygen atoms in total. The Morgan fingerprint density at radius 2 is 1.80 bits per heavy atom. The fourth-order valence-corrected chi connectivity index (χ4v) is 1.78. The van der Waals surface area contributed by atoms with Crippen molar-refractivity contribution in [3.8, 4) is 0 Å². The van der Waals surface area contributed by atoms with Gasteiger partial charge in [0.2, 0.25) is 5.95 Å². The number of rotatable bonds is 6. The van der Waals surface area contributed by atoms with Gasteiger partial charge >= 0.3 is 0 Å². The van der Waals surface area contributed by atoms with Gasteiger partial charge < -0.3 is 15.1 Å². The highest BCUT2D eigenvalue weighted by Crippen LogP contribution is 2.19. The van der Waals surface area contributed by atoms with Crippen molar-refractivity contribution in [2.75, 3.05) is 44.4 Å². The van der Waals surface area contributed by atoms with Gasteiger partial charge in [0.1, 0.15) is 5.82 Å². The molecule has 0 bridgehead atoms. The zero-order valence-electron chi connectivity index (χ0n) is 12.2. The molecule has 0 aliphatic heterocycles. The van der Waals surface area contributed by atoms with Crippen molar-refractivity contribution in [2.45, 2.75) is 0 Å². The quantitative estimate of drug-likeness (QED) is 0.872. The van der Waals surface area contributed by atoms with Gasteiger partial charge in [0.15, 0.2) is 0 Å². The van der Waals surface area contributed by atoms with E-state index in [-0.39, 0.29) is 0 Å². The first kappa shape index (κ1) is 14.3. The van der Waals surface area contributed by atoms with E-state index in [1.807, 2.05) is 48.3 Å². The molecule has 106 valence electrons. The van der Waals surface area contributed by atoms with Crippen LogP contribution in [0, 0.1) is 0 Å². The van der Waals surface area contributed by atoms with E-state index in [0.29, 0.717) is 5.95 Å². The molecule has 0 amide bonds. The largest absolute Gasteiger partial charge is 0.369 e. The van der Waals surface area contributed by atoms with Crippen molar-refractivity contribution in [3.05, 3.63) is 42.6 Å². The highest BCUT2D eigenvalue weighted by atomic mass is 15.2. The van der Waals surface area contributed by atoms with E-state index >= 15 is 0 Å². The van der Waals surface area contributed by atoms with E-state index in [1.165, 1.54) is 0 Å². The van der Waals surface area contributed by atoms with Crippen molar-refractivity contribution in [1.29, 1.82) is 0 Å². The second kappa shape index (κ2) is 6.86. The summed E-state index contributed by atoms with van der Waals surface area (Å²) in [5.41, 5.74) is 1.07. The SMILES string of the molecule is CN(C)CCNc1ccnc(N(C)c2ccccc2)n1. The fourth-order valence-electron chi connectivity index (χ4n) is 1.78. The molecule has 0 aliphatic carbocycles. The van der Waals surface area contributed by atoms with Crippen molar-refractivity contribution in [1.82, 2.24) is 14.9 Å². The van der Waals surface area contributed by atoms with Crippen LogP contribution in [0.4, 0.5) is 17.5 Å². The van der Waals surface area contributed by atoms with Crippen LogP contribution < -0.4 is 10.2 Å². The van der Waals surface area contributed by atoms with Crippen molar-refractivity contribution < 1.29 is 0 Å². The normalized spacial score (nSPS) is 10.6. The summed E-state index contributed by atoms with van der Waals surface area (Å²) in [6.45, 7) is 1.83.